The summed E-state index contributed by atoms with van der Waals surface area (Å²) in [5.74, 6) is -0.171. The minimum Gasteiger partial charge on any atom is -0.397 e. The summed E-state index contributed by atoms with van der Waals surface area (Å²) in [5, 5.41) is 12.4. The molecule has 0 aromatic heterocycles. The molecule has 112 valence electrons. The Morgan fingerprint density at radius 2 is 2.15 bits per heavy atom. The smallest absolute Gasteiger partial charge is 0.241 e. The van der Waals surface area contributed by atoms with Gasteiger partial charge in [0, 0.05) is 13.7 Å². The molecule has 0 bridgehead atoms. The number of hydrogen-bond acceptors (Lipinski definition) is 5. The fourth-order valence-electron chi connectivity index (χ4n) is 1.78. The average molecular weight is 281 g/mol. The molecule has 6 nitrogen and oxygen atoms in total. The van der Waals surface area contributed by atoms with Crippen molar-refractivity contribution in [2.24, 2.45) is 0 Å². The van der Waals surface area contributed by atoms with Crippen molar-refractivity contribution < 1.29 is 14.6 Å². The number of nitrogens with two attached hydrogens (primary N) is 1. The third-order valence-corrected chi connectivity index (χ3v) is 3.12. The summed E-state index contributed by atoms with van der Waals surface area (Å²) in [6, 6.07) is 6.71. The molecule has 6 heteroatoms. The van der Waals surface area contributed by atoms with Crippen molar-refractivity contribution in [3.63, 3.8) is 0 Å². The molecule has 0 aliphatic rings. The topological polar surface area (TPSA) is 87.8 Å². The summed E-state index contributed by atoms with van der Waals surface area (Å²) in [6.07, 6.45) is -0.623. The number of amides is 1. The van der Waals surface area contributed by atoms with E-state index < -0.39 is 6.10 Å². The van der Waals surface area contributed by atoms with Gasteiger partial charge in [0.05, 0.1) is 30.1 Å². The number of carbonyl (C=O) groups is 1. The van der Waals surface area contributed by atoms with Gasteiger partial charge in [-0.05, 0) is 26.1 Å². The van der Waals surface area contributed by atoms with E-state index >= 15 is 0 Å². The summed E-state index contributed by atoms with van der Waals surface area (Å²) in [7, 11) is 3.30. The number of nitrogen functional groups attached to an aromatic ring is 1. The van der Waals surface area contributed by atoms with Crippen LogP contribution in [-0.2, 0) is 9.53 Å². The zero-order valence-corrected chi connectivity index (χ0v) is 12.2. The summed E-state index contributed by atoms with van der Waals surface area (Å²) in [5.41, 5.74) is 6.90. The highest BCUT2D eigenvalue weighted by Gasteiger charge is 2.20. The second kappa shape index (κ2) is 7.84. The van der Waals surface area contributed by atoms with Crippen LogP contribution < -0.4 is 11.1 Å². The van der Waals surface area contributed by atoms with Crippen molar-refractivity contribution in [1.82, 2.24) is 4.90 Å². The van der Waals surface area contributed by atoms with E-state index in [2.05, 4.69) is 5.32 Å². The number of hydrogen-bond donors (Lipinski definition) is 3. The highest BCUT2D eigenvalue weighted by Crippen LogP contribution is 2.17. The molecule has 0 saturated heterocycles. The van der Waals surface area contributed by atoms with Crippen molar-refractivity contribution in [3.8, 4) is 0 Å². The molecule has 0 spiro atoms. The van der Waals surface area contributed by atoms with Gasteiger partial charge in [-0.1, -0.05) is 12.1 Å². The lowest BCUT2D eigenvalue weighted by Gasteiger charge is -2.26. The maximum atomic E-state index is 12.1. The lowest BCUT2D eigenvalue weighted by atomic mass is 10.2. The molecule has 1 amide bonds. The summed E-state index contributed by atoms with van der Waals surface area (Å²) < 4.78 is 4.86. The quantitative estimate of drug-likeness (QED) is 0.635. The number of ether oxygens (including phenoxy) is 1. The second-order valence-corrected chi connectivity index (χ2v) is 4.80. The Labute approximate surface area is 119 Å². The Bertz CT molecular complexity index is 439. The maximum Gasteiger partial charge on any atom is 0.241 e. The molecule has 1 aromatic rings. The number of likely N-dealkylation sites (N-methyl/N-ethyl adjacent to an activating group) is 1. The zero-order chi connectivity index (χ0) is 15.1. The van der Waals surface area contributed by atoms with E-state index in [9.17, 15) is 9.90 Å². The van der Waals surface area contributed by atoms with Gasteiger partial charge < -0.3 is 20.9 Å². The van der Waals surface area contributed by atoms with Crippen LogP contribution in [0.2, 0.25) is 0 Å². The number of benzene rings is 1. The van der Waals surface area contributed by atoms with Gasteiger partial charge >= 0.3 is 0 Å². The number of nitrogens with one attached hydrogen (secondary N) is 1. The summed E-state index contributed by atoms with van der Waals surface area (Å²) >= 11 is 0. The van der Waals surface area contributed by atoms with Gasteiger partial charge in [0.15, 0.2) is 0 Å². The molecule has 1 rings (SSSR count). The first-order valence-electron chi connectivity index (χ1n) is 6.48. The SMILES string of the molecule is COCC(O)CN(C)C(C)C(=O)Nc1ccccc1N. The highest BCUT2D eigenvalue weighted by molar-refractivity contribution is 5.96. The molecule has 0 radical (unpaired) electrons. The van der Waals surface area contributed by atoms with E-state index in [1.807, 2.05) is 12.1 Å². The normalized spacial score (nSPS) is 14.1. The number of rotatable bonds is 7. The summed E-state index contributed by atoms with van der Waals surface area (Å²) in [4.78, 5) is 13.9. The first-order valence-corrected chi connectivity index (χ1v) is 6.48. The molecular weight excluding hydrogens is 258 g/mol. The third kappa shape index (κ3) is 4.80. The van der Waals surface area contributed by atoms with Crippen LogP contribution in [0.5, 0.6) is 0 Å². The Morgan fingerprint density at radius 1 is 1.50 bits per heavy atom. The van der Waals surface area contributed by atoms with E-state index in [1.165, 1.54) is 7.11 Å². The van der Waals surface area contributed by atoms with Crippen LogP contribution >= 0.6 is 0 Å². The fraction of sp³-hybridized carbons (Fsp3) is 0.500. The van der Waals surface area contributed by atoms with E-state index in [1.54, 1.807) is 31.0 Å². The predicted molar refractivity (Wildman–Crippen MR) is 79.5 cm³/mol. The average Bonchev–Trinajstić information content (AvgIpc) is 2.40. The van der Waals surface area contributed by atoms with Crippen LogP contribution in [0.3, 0.4) is 0 Å². The van der Waals surface area contributed by atoms with Gasteiger partial charge in [-0.2, -0.15) is 0 Å². The van der Waals surface area contributed by atoms with E-state index in [4.69, 9.17) is 10.5 Å². The number of para-hydroxylation sites is 2. The molecule has 20 heavy (non-hydrogen) atoms. The van der Waals surface area contributed by atoms with Crippen molar-refractivity contribution in [3.05, 3.63) is 24.3 Å². The van der Waals surface area contributed by atoms with Gasteiger partial charge in [-0.3, -0.25) is 9.69 Å². The molecule has 0 saturated carbocycles. The number of carbonyl (C=O) groups excluding carboxylic acids is 1. The lowest BCUT2D eigenvalue weighted by Crippen LogP contribution is -2.44. The number of methoxy groups -OCH3 is 1. The van der Waals surface area contributed by atoms with Crippen molar-refractivity contribution in [2.75, 3.05) is 38.4 Å². The van der Waals surface area contributed by atoms with Crippen LogP contribution in [0.1, 0.15) is 6.92 Å². The number of aliphatic hydroxyl groups is 1. The van der Waals surface area contributed by atoms with Crippen molar-refractivity contribution in [1.29, 1.82) is 0 Å². The molecule has 1 aromatic carbocycles. The van der Waals surface area contributed by atoms with Crippen LogP contribution in [0.4, 0.5) is 11.4 Å². The molecule has 4 N–H and O–H groups in total. The standard InChI is InChI=1S/C14H23N3O3/c1-10(17(2)8-11(18)9-20-3)14(19)16-13-7-5-4-6-12(13)15/h4-7,10-11,18H,8-9,15H2,1-3H3,(H,16,19). The molecule has 0 aliphatic carbocycles. The molecule has 0 aliphatic heterocycles. The molecule has 0 fully saturated rings. The Hall–Kier alpha value is -1.63. The minimum atomic E-state index is -0.623. The second-order valence-electron chi connectivity index (χ2n) is 4.80. The van der Waals surface area contributed by atoms with Gasteiger partial charge in [-0.25, -0.2) is 0 Å². The molecular formula is C14H23N3O3. The van der Waals surface area contributed by atoms with Gasteiger partial charge in [-0.15, -0.1) is 0 Å². The fourth-order valence-corrected chi connectivity index (χ4v) is 1.78. The van der Waals surface area contributed by atoms with E-state index in [0.29, 0.717) is 17.9 Å². The van der Waals surface area contributed by atoms with Crippen molar-refractivity contribution >= 4 is 17.3 Å². The molecule has 0 heterocycles. The number of anilines is 2. The monoisotopic (exact) mass is 281 g/mol. The van der Waals surface area contributed by atoms with Crippen molar-refractivity contribution in [2.45, 2.75) is 19.1 Å². The largest absolute Gasteiger partial charge is 0.397 e. The highest BCUT2D eigenvalue weighted by atomic mass is 16.5. The van der Waals surface area contributed by atoms with Crippen LogP contribution in [0.15, 0.2) is 24.3 Å². The van der Waals surface area contributed by atoms with Crippen LogP contribution in [0, 0.1) is 0 Å². The number of aliphatic hydroxyl groups excluding tert-OH is 1. The first kappa shape index (κ1) is 16.4. The Kier molecular flexibility index (Phi) is 6.44. The van der Waals surface area contributed by atoms with Gasteiger partial charge in [0.2, 0.25) is 5.91 Å². The maximum absolute atomic E-state index is 12.1. The number of nitrogens with zero attached hydrogens (tertiary/aromatic N) is 1. The van der Waals surface area contributed by atoms with Crippen LogP contribution in [-0.4, -0.2) is 55.4 Å². The molecule has 2 atom stereocenters. The Morgan fingerprint density at radius 3 is 2.75 bits per heavy atom. The van der Waals surface area contributed by atoms with E-state index in [0.717, 1.165) is 0 Å². The lowest BCUT2D eigenvalue weighted by molar-refractivity contribution is -0.120. The van der Waals surface area contributed by atoms with Crippen LogP contribution in [0.25, 0.3) is 0 Å². The van der Waals surface area contributed by atoms with E-state index in [-0.39, 0.29) is 18.6 Å². The molecule has 2 unspecified atom stereocenters. The van der Waals surface area contributed by atoms with Gasteiger partial charge in [0.25, 0.3) is 0 Å². The minimum absolute atomic E-state index is 0.171. The third-order valence-electron chi connectivity index (χ3n) is 3.12. The summed E-state index contributed by atoms with van der Waals surface area (Å²) in [6.45, 7) is 2.37. The van der Waals surface area contributed by atoms with Gasteiger partial charge in [0.1, 0.15) is 0 Å². The first-order chi connectivity index (χ1) is 9.45. The Balaban J connectivity index is 2.56. The predicted octanol–water partition coefficient (Wildman–Crippen LogP) is 0.535. The zero-order valence-electron chi connectivity index (χ0n) is 12.2.